The molecule has 68 valence electrons. The van der Waals surface area contributed by atoms with Gasteiger partial charge in [0.2, 0.25) is 6.23 Å². The Bertz CT molecular complexity index is 203. The van der Waals surface area contributed by atoms with Gasteiger partial charge < -0.3 is 9.47 Å². The average molecular weight is 169 g/mol. The standard InChI is InChI=1S/C9H15NO2/c1-7(2)8-9(12-8)10-3-5-11-6-4-10/h9H,3-6H2,1-2H3. The van der Waals surface area contributed by atoms with E-state index in [4.69, 9.17) is 9.47 Å². The highest BCUT2D eigenvalue weighted by Gasteiger charge is 2.39. The third-order valence-electron chi connectivity index (χ3n) is 2.28. The molecule has 2 rings (SSSR count). The molecule has 2 aliphatic rings. The van der Waals surface area contributed by atoms with E-state index in [2.05, 4.69) is 18.7 Å². The van der Waals surface area contributed by atoms with Gasteiger partial charge in [0.05, 0.1) is 13.2 Å². The summed E-state index contributed by atoms with van der Waals surface area (Å²) in [7, 11) is 0. The van der Waals surface area contributed by atoms with Crippen LogP contribution in [0.3, 0.4) is 0 Å². The van der Waals surface area contributed by atoms with Crippen LogP contribution in [-0.2, 0) is 9.47 Å². The van der Waals surface area contributed by atoms with Crippen molar-refractivity contribution >= 4 is 0 Å². The molecule has 12 heavy (non-hydrogen) atoms. The molecule has 2 aliphatic heterocycles. The van der Waals surface area contributed by atoms with Crippen molar-refractivity contribution in [3.05, 3.63) is 11.3 Å². The summed E-state index contributed by atoms with van der Waals surface area (Å²) >= 11 is 0. The molecule has 3 nitrogen and oxygen atoms in total. The maximum absolute atomic E-state index is 5.47. The van der Waals surface area contributed by atoms with Crippen molar-refractivity contribution in [1.82, 2.24) is 4.90 Å². The van der Waals surface area contributed by atoms with Gasteiger partial charge in [-0.05, 0) is 19.4 Å². The molecule has 1 unspecified atom stereocenters. The Morgan fingerprint density at radius 3 is 2.50 bits per heavy atom. The minimum absolute atomic E-state index is 0.277. The molecule has 2 fully saturated rings. The smallest absolute Gasteiger partial charge is 0.210 e. The van der Waals surface area contributed by atoms with Crippen LogP contribution in [0.2, 0.25) is 0 Å². The highest BCUT2D eigenvalue weighted by atomic mass is 16.6. The minimum Gasteiger partial charge on any atom is -0.467 e. The molecule has 2 saturated heterocycles. The lowest BCUT2D eigenvalue weighted by Gasteiger charge is -2.23. The normalized spacial score (nSPS) is 29.8. The van der Waals surface area contributed by atoms with E-state index in [-0.39, 0.29) is 6.23 Å². The van der Waals surface area contributed by atoms with Crippen LogP contribution in [0, 0.1) is 0 Å². The number of allylic oxidation sites excluding steroid dienone is 1. The zero-order chi connectivity index (χ0) is 8.55. The minimum atomic E-state index is 0.277. The first-order valence-electron chi connectivity index (χ1n) is 4.45. The molecule has 0 aromatic carbocycles. The van der Waals surface area contributed by atoms with Gasteiger partial charge in [-0.1, -0.05) is 0 Å². The molecule has 0 saturated carbocycles. The van der Waals surface area contributed by atoms with Crippen LogP contribution in [0.15, 0.2) is 11.3 Å². The second kappa shape index (κ2) is 3.07. The van der Waals surface area contributed by atoms with E-state index in [1.807, 2.05) is 0 Å². The third kappa shape index (κ3) is 1.47. The summed E-state index contributed by atoms with van der Waals surface area (Å²) in [5.74, 6) is 1.16. The number of epoxide rings is 1. The molecule has 0 radical (unpaired) electrons. The van der Waals surface area contributed by atoms with Crippen molar-refractivity contribution < 1.29 is 9.47 Å². The van der Waals surface area contributed by atoms with Gasteiger partial charge in [-0.15, -0.1) is 0 Å². The van der Waals surface area contributed by atoms with Crippen molar-refractivity contribution in [2.75, 3.05) is 26.3 Å². The predicted molar refractivity (Wildman–Crippen MR) is 45.6 cm³/mol. The molecule has 0 amide bonds. The van der Waals surface area contributed by atoms with Gasteiger partial charge in [0.1, 0.15) is 0 Å². The Morgan fingerprint density at radius 2 is 2.00 bits per heavy atom. The Balaban J connectivity index is 1.91. The first kappa shape index (κ1) is 8.08. The van der Waals surface area contributed by atoms with Crippen LogP contribution < -0.4 is 0 Å². The van der Waals surface area contributed by atoms with Crippen molar-refractivity contribution in [3.8, 4) is 0 Å². The first-order chi connectivity index (χ1) is 5.79. The van der Waals surface area contributed by atoms with E-state index >= 15 is 0 Å². The fourth-order valence-corrected chi connectivity index (χ4v) is 1.50. The maximum Gasteiger partial charge on any atom is 0.210 e. The molecule has 2 heterocycles. The van der Waals surface area contributed by atoms with Gasteiger partial charge in [0.25, 0.3) is 0 Å². The molecule has 0 spiro atoms. The van der Waals surface area contributed by atoms with E-state index < -0.39 is 0 Å². The zero-order valence-electron chi connectivity index (χ0n) is 7.67. The lowest BCUT2D eigenvalue weighted by atomic mass is 10.3. The number of rotatable bonds is 1. The van der Waals surface area contributed by atoms with Gasteiger partial charge in [-0.25, -0.2) is 0 Å². The fraction of sp³-hybridized carbons (Fsp3) is 0.778. The van der Waals surface area contributed by atoms with Crippen LogP contribution in [0.1, 0.15) is 13.8 Å². The monoisotopic (exact) mass is 169 g/mol. The molecule has 0 N–H and O–H groups in total. The summed E-state index contributed by atoms with van der Waals surface area (Å²) in [5, 5.41) is 0. The number of morpholine rings is 1. The largest absolute Gasteiger partial charge is 0.467 e. The summed E-state index contributed by atoms with van der Waals surface area (Å²) in [6.07, 6.45) is 0.277. The van der Waals surface area contributed by atoms with E-state index in [9.17, 15) is 0 Å². The van der Waals surface area contributed by atoms with Crippen LogP contribution in [0.25, 0.3) is 0 Å². The number of hydrogen-bond acceptors (Lipinski definition) is 3. The SMILES string of the molecule is CC(C)=C1OC1N1CCOCC1. The van der Waals surface area contributed by atoms with E-state index in [1.54, 1.807) is 0 Å². The molecule has 1 atom stereocenters. The van der Waals surface area contributed by atoms with Crippen molar-refractivity contribution in [2.45, 2.75) is 20.1 Å². The molecule has 0 aromatic heterocycles. The summed E-state index contributed by atoms with van der Waals surface area (Å²) in [5.41, 5.74) is 1.30. The van der Waals surface area contributed by atoms with Crippen LogP contribution >= 0.6 is 0 Å². The first-order valence-corrected chi connectivity index (χ1v) is 4.45. The number of ether oxygens (including phenoxy) is 2. The Labute approximate surface area is 72.9 Å². The number of hydrogen-bond donors (Lipinski definition) is 0. The molecular formula is C9H15NO2. The Kier molecular flexibility index (Phi) is 2.07. The second-order valence-electron chi connectivity index (χ2n) is 3.48. The average Bonchev–Trinajstić information content (AvgIpc) is 2.84. The molecule has 0 aromatic rings. The molecule has 0 aliphatic carbocycles. The van der Waals surface area contributed by atoms with E-state index in [0.29, 0.717) is 0 Å². The Morgan fingerprint density at radius 1 is 1.33 bits per heavy atom. The van der Waals surface area contributed by atoms with E-state index in [1.165, 1.54) is 5.57 Å². The zero-order valence-corrected chi connectivity index (χ0v) is 7.67. The summed E-state index contributed by atoms with van der Waals surface area (Å²) in [4.78, 5) is 2.33. The quantitative estimate of drug-likeness (QED) is 0.547. The van der Waals surface area contributed by atoms with Gasteiger partial charge >= 0.3 is 0 Å². The highest BCUT2D eigenvalue weighted by Crippen LogP contribution is 2.33. The second-order valence-corrected chi connectivity index (χ2v) is 3.48. The van der Waals surface area contributed by atoms with Gasteiger partial charge in [-0.3, -0.25) is 4.90 Å². The third-order valence-corrected chi connectivity index (χ3v) is 2.28. The lowest BCUT2D eigenvalue weighted by Crippen LogP contribution is -2.38. The van der Waals surface area contributed by atoms with Gasteiger partial charge in [0, 0.05) is 13.1 Å². The van der Waals surface area contributed by atoms with Gasteiger partial charge in [0.15, 0.2) is 5.76 Å². The Hall–Kier alpha value is -0.540. The van der Waals surface area contributed by atoms with Crippen molar-refractivity contribution in [3.63, 3.8) is 0 Å². The lowest BCUT2D eigenvalue weighted by molar-refractivity contribution is 0.0163. The van der Waals surface area contributed by atoms with Gasteiger partial charge in [-0.2, -0.15) is 0 Å². The van der Waals surface area contributed by atoms with Crippen molar-refractivity contribution in [1.29, 1.82) is 0 Å². The molecular weight excluding hydrogens is 154 g/mol. The summed E-state index contributed by atoms with van der Waals surface area (Å²) in [6.45, 7) is 7.88. The summed E-state index contributed by atoms with van der Waals surface area (Å²) < 4.78 is 10.7. The summed E-state index contributed by atoms with van der Waals surface area (Å²) in [6, 6.07) is 0. The maximum atomic E-state index is 5.47. The predicted octanol–water partition coefficient (Wildman–Crippen LogP) is 0.969. The number of nitrogens with zero attached hydrogens (tertiary/aromatic N) is 1. The van der Waals surface area contributed by atoms with Crippen LogP contribution in [0.5, 0.6) is 0 Å². The highest BCUT2D eigenvalue weighted by molar-refractivity contribution is 5.18. The molecule has 3 heteroatoms. The van der Waals surface area contributed by atoms with Crippen molar-refractivity contribution in [2.24, 2.45) is 0 Å². The van der Waals surface area contributed by atoms with Crippen LogP contribution in [-0.4, -0.2) is 37.4 Å². The topological polar surface area (TPSA) is 25.0 Å². The van der Waals surface area contributed by atoms with Crippen LogP contribution in [0.4, 0.5) is 0 Å². The molecule has 0 bridgehead atoms. The van der Waals surface area contributed by atoms with E-state index in [0.717, 1.165) is 32.1 Å². The fourth-order valence-electron chi connectivity index (χ4n) is 1.50.